The lowest BCUT2D eigenvalue weighted by Crippen LogP contribution is -2.37. The zero-order valence-corrected chi connectivity index (χ0v) is 11.4. The highest BCUT2D eigenvalue weighted by Gasteiger charge is 2.48. The summed E-state index contributed by atoms with van der Waals surface area (Å²) < 4.78 is 4.71. The summed E-state index contributed by atoms with van der Waals surface area (Å²) in [6.07, 6.45) is 3.29. The van der Waals surface area contributed by atoms with Gasteiger partial charge in [-0.15, -0.1) is 0 Å². The molecule has 3 amide bonds. The number of esters is 1. The van der Waals surface area contributed by atoms with Crippen molar-refractivity contribution in [3.63, 3.8) is 0 Å². The van der Waals surface area contributed by atoms with Gasteiger partial charge < -0.3 is 10.1 Å². The number of hydrogen-bond donors (Lipinski definition) is 1. The van der Waals surface area contributed by atoms with E-state index in [1.807, 2.05) is 0 Å². The monoisotopic (exact) mass is 282 g/mol. The predicted octanol–water partition coefficient (Wildman–Crippen LogP) is -0.549. The molecule has 1 aliphatic carbocycles. The number of ether oxygens (including phenoxy) is 1. The van der Waals surface area contributed by atoms with Crippen molar-refractivity contribution in [2.75, 3.05) is 20.2 Å². The highest BCUT2D eigenvalue weighted by molar-refractivity contribution is 6.07. The lowest BCUT2D eigenvalue weighted by molar-refractivity contribution is -0.154. The van der Waals surface area contributed by atoms with Crippen LogP contribution in [0.5, 0.6) is 0 Å². The Kier molecular flexibility index (Phi) is 4.36. The van der Waals surface area contributed by atoms with E-state index in [0.29, 0.717) is 12.8 Å². The molecule has 0 aromatic carbocycles. The number of fused-ring (bicyclic) bond motifs is 1. The van der Waals surface area contributed by atoms with E-state index in [9.17, 15) is 19.2 Å². The van der Waals surface area contributed by atoms with Gasteiger partial charge in [0.2, 0.25) is 11.8 Å². The van der Waals surface area contributed by atoms with Crippen LogP contribution in [-0.2, 0) is 23.9 Å². The minimum Gasteiger partial charge on any atom is -0.454 e. The Morgan fingerprint density at radius 1 is 1.20 bits per heavy atom. The smallest absolute Gasteiger partial charge is 0.326 e. The fourth-order valence-corrected chi connectivity index (χ4v) is 2.78. The van der Waals surface area contributed by atoms with Crippen LogP contribution >= 0.6 is 0 Å². The van der Waals surface area contributed by atoms with Gasteiger partial charge in [0.15, 0.2) is 6.61 Å². The number of nitrogens with zero attached hydrogens (tertiary/aromatic N) is 1. The van der Waals surface area contributed by atoms with E-state index in [4.69, 9.17) is 4.74 Å². The second-order valence-corrected chi connectivity index (χ2v) is 5.09. The van der Waals surface area contributed by atoms with Crippen LogP contribution in [0.25, 0.3) is 0 Å². The molecule has 20 heavy (non-hydrogen) atoms. The Morgan fingerprint density at radius 3 is 2.25 bits per heavy atom. The molecule has 110 valence electrons. The molecule has 2 aliphatic rings. The number of carbonyl (C=O) groups is 4. The molecule has 0 unspecified atom stereocenters. The quantitative estimate of drug-likeness (QED) is 0.551. The molecular weight excluding hydrogens is 264 g/mol. The lowest BCUT2D eigenvalue weighted by Gasteiger charge is -2.19. The minimum absolute atomic E-state index is 0.275. The summed E-state index contributed by atoms with van der Waals surface area (Å²) in [5, 5.41) is 2.31. The maximum Gasteiger partial charge on any atom is 0.326 e. The van der Waals surface area contributed by atoms with Crippen molar-refractivity contribution in [1.29, 1.82) is 0 Å². The van der Waals surface area contributed by atoms with Crippen LogP contribution in [0.2, 0.25) is 0 Å². The zero-order chi connectivity index (χ0) is 14.7. The molecule has 7 heteroatoms. The number of rotatable bonds is 4. The standard InChI is InChI=1S/C13H18N2O5/c1-14-10(16)7-20-11(17)6-15-12(18)8-4-2-3-5-9(8)13(15)19/h8-9H,2-7H2,1H3,(H,14,16)/t8-,9+. The molecular formula is C13H18N2O5. The summed E-state index contributed by atoms with van der Waals surface area (Å²) >= 11 is 0. The van der Waals surface area contributed by atoms with E-state index >= 15 is 0 Å². The average molecular weight is 282 g/mol. The first-order valence-corrected chi connectivity index (χ1v) is 6.76. The number of carbonyl (C=O) groups excluding carboxylic acids is 4. The SMILES string of the molecule is CNC(=O)COC(=O)CN1C(=O)[C@H]2CCCC[C@H]2C1=O. The Morgan fingerprint density at radius 2 is 1.75 bits per heavy atom. The first-order valence-electron chi connectivity index (χ1n) is 6.76. The lowest BCUT2D eigenvalue weighted by atomic mass is 9.81. The summed E-state index contributed by atoms with van der Waals surface area (Å²) in [5.41, 5.74) is 0. The number of hydrogen-bond acceptors (Lipinski definition) is 5. The minimum atomic E-state index is -0.742. The molecule has 1 saturated heterocycles. The van der Waals surface area contributed by atoms with Gasteiger partial charge >= 0.3 is 5.97 Å². The normalized spacial score (nSPS) is 25.4. The average Bonchev–Trinajstić information content (AvgIpc) is 2.70. The van der Waals surface area contributed by atoms with E-state index in [1.165, 1.54) is 7.05 Å². The molecule has 7 nitrogen and oxygen atoms in total. The van der Waals surface area contributed by atoms with Crippen molar-refractivity contribution in [2.24, 2.45) is 11.8 Å². The van der Waals surface area contributed by atoms with E-state index < -0.39 is 25.0 Å². The van der Waals surface area contributed by atoms with Crippen LogP contribution in [0.3, 0.4) is 0 Å². The van der Waals surface area contributed by atoms with Gasteiger partial charge in [0.05, 0.1) is 11.8 Å². The van der Waals surface area contributed by atoms with Gasteiger partial charge in [-0.1, -0.05) is 12.8 Å². The Balaban J connectivity index is 1.92. The second kappa shape index (κ2) is 6.02. The Bertz CT molecular complexity index is 424. The molecule has 2 rings (SSSR count). The van der Waals surface area contributed by atoms with Gasteiger partial charge in [0.1, 0.15) is 6.54 Å². The summed E-state index contributed by atoms with van der Waals surface area (Å²) in [5.74, 6) is -2.29. The van der Waals surface area contributed by atoms with E-state index in [2.05, 4.69) is 5.32 Å². The summed E-state index contributed by atoms with van der Waals surface area (Å²) in [6.45, 7) is -0.805. The fraction of sp³-hybridized carbons (Fsp3) is 0.692. The molecule has 2 fully saturated rings. The number of amides is 3. The fourth-order valence-electron chi connectivity index (χ4n) is 2.78. The van der Waals surface area contributed by atoms with Crippen molar-refractivity contribution in [3.05, 3.63) is 0 Å². The highest BCUT2D eigenvalue weighted by atomic mass is 16.5. The third-order valence-corrected chi connectivity index (χ3v) is 3.86. The second-order valence-electron chi connectivity index (χ2n) is 5.09. The van der Waals surface area contributed by atoms with Gasteiger partial charge in [-0.05, 0) is 12.8 Å². The van der Waals surface area contributed by atoms with Crippen molar-refractivity contribution in [1.82, 2.24) is 10.2 Å². The topological polar surface area (TPSA) is 92.8 Å². The zero-order valence-electron chi connectivity index (χ0n) is 11.4. The van der Waals surface area contributed by atoms with Crippen molar-refractivity contribution in [2.45, 2.75) is 25.7 Å². The first-order chi connectivity index (χ1) is 9.54. The summed E-state index contributed by atoms with van der Waals surface area (Å²) in [6, 6.07) is 0. The number of likely N-dealkylation sites (tertiary alicyclic amines) is 1. The van der Waals surface area contributed by atoms with Crippen molar-refractivity contribution in [3.8, 4) is 0 Å². The first kappa shape index (κ1) is 14.5. The van der Waals surface area contributed by atoms with E-state index in [1.54, 1.807) is 0 Å². The molecule has 2 atom stereocenters. The molecule has 1 N–H and O–H groups in total. The van der Waals surface area contributed by atoms with Crippen LogP contribution in [0.15, 0.2) is 0 Å². The van der Waals surface area contributed by atoms with Crippen LogP contribution in [0.4, 0.5) is 0 Å². The van der Waals surface area contributed by atoms with Gasteiger partial charge in [-0.3, -0.25) is 24.1 Å². The van der Waals surface area contributed by atoms with Crippen LogP contribution in [0.1, 0.15) is 25.7 Å². The van der Waals surface area contributed by atoms with E-state index in [-0.39, 0.29) is 23.7 Å². The van der Waals surface area contributed by atoms with Crippen LogP contribution in [-0.4, -0.2) is 48.8 Å². The Labute approximate surface area is 116 Å². The van der Waals surface area contributed by atoms with Crippen molar-refractivity contribution >= 4 is 23.7 Å². The third-order valence-electron chi connectivity index (χ3n) is 3.86. The molecule has 0 bridgehead atoms. The third kappa shape index (κ3) is 2.81. The van der Waals surface area contributed by atoms with Crippen LogP contribution in [0, 0.1) is 11.8 Å². The number of likely N-dealkylation sites (N-methyl/N-ethyl adjacent to an activating group) is 1. The molecule has 1 heterocycles. The molecule has 0 aromatic rings. The van der Waals surface area contributed by atoms with Gasteiger partial charge in [0.25, 0.3) is 5.91 Å². The maximum absolute atomic E-state index is 12.1. The molecule has 0 spiro atoms. The maximum atomic E-state index is 12.1. The predicted molar refractivity (Wildman–Crippen MR) is 67.2 cm³/mol. The Hall–Kier alpha value is -1.92. The number of nitrogens with one attached hydrogen (secondary N) is 1. The molecule has 1 aliphatic heterocycles. The summed E-state index contributed by atoms with van der Waals surface area (Å²) in [7, 11) is 1.42. The molecule has 1 saturated carbocycles. The summed E-state index contributed by atoms with van der Waals surface area (Å²) in [4.78, 5) is 47.7. The van der Waals surface area contributed by atoms with Crippen molar-refractivity contribution < 1.29 is 23.9 Å². The van der Waals surface area contributed by atoms with Gasteiger partial charge in [-0.25, -0.2) is 0 Å². The highest BCUT2D eigenvalue weighted by Crippen LogP contribution is 2.37. The number of imide groups is 1. The largest absolute Gasteiger partial charge is 0.454 e. The molecule has 0 radical (unpaired) electrons. The van der Waals surface area contributed by atoms with Crippen LogP contribution < -0.4 is 5.32 Å². The van der Waals surface area contributed by atoms with Gasteiger partial charge in [-0.2, -0.15) is 0 Å². The molecule has 0 aromatic heterocycles. The van der Waals surface area contributed by atoms with E-state index in [0.717, 1.165) is 17.7 Å². The van der Waals surface area contributed by atoms with Gasteiger partial charge in [0, 0.05) is 7.05 Å².